The van der Waals surface area contributed by atoms with E-state index in [-0.39, 0.29) is 23.1 Å². The number of aromatic nitrogens is 2. The molecule has 16 heavy (non-hydrogen) atoms. The van der Waals surface area contributed by atoms with Crippen molar-refractivity contribution < 1.29 is 9.66 Å². The molecule has 1 rings (SSSR count). The van der Waals surface area contributed by atoms with E-state index in [1.165, 1.54) is 11.8 Å². The number of ether oxygens (including phenoxy) is 1. The zero-order valence-electron chi connectivity index (χ0n) is 9.27. The van der Waals surface area contributed by atoms with Crippen LogP contribution in [0.1, 0.15) is 25.5 Å². The lowest BCUT2D eigenvalue weighted by molar-refractivity contribution is -0.385. The van der Waals surface area contributed by atoms with E-state index >= 15 is 0 Å². The molecule has 0 aliphatic rings. The van der Waals surface area contributed by atoms with Gasteiger partial charge in [0.15, 0.2) is 5.69 Å². The molecule has 0 saturated carbocycles. The van der Waals surface area contributed by atoms with Gasteiger partial charge in [-0.1, -0.05) is 24.9 Å². The number of nitrogens with zero attached hydrogens (tertiary/aromatic N) is 3. The highest BCUT2D eigenvalue weighted by molar-refractivity contribution is 6.31. The molecule has 1 heterocycles. The molecule has 0 saturated heterocycles. The topological polar surface area (TPSA) is 70.2 Å². The Bertz CT molecular complexity index is 378. The molecule has 0 radical (unpaired) electrons. The van der Waals surface area contributed by atoms with Crippen LogP contribution in [0, 0.1) is 10.1 Å². The predicted molar refractivity (Wildman–Crippen MR) is 59.5 cm³/mol. The van der Waals surface area contributed by atoms with Crippen molar-refractivity contribution in [2.45, 2.75) is 32.9 Å². The molecule has 1 aromatic rings. The number of unbranched alkanes of at least 4 members (excludes halogenated alkanes) is 1. The maximum Gasteiger partial charge on any atom is 0.331 e. The number of hydrogen-bond donors (Lipinski definition) is 0. The molecule has 1 aromatic heterocycles. The molecule has 0 amide bonds. The number of halogens is 1. The van der Waals surface area contributed by atoms with Crippen LogP contribution >= 0.6 is 11.6 Å². The summed E-state index contributed by atoms with van der Waals surface area (Å²) in [6, 6.07) is 0. The van der Waals surface area contributed by atoms with Gasteiger partial charge < -0.3 is 4.74 Å². The third-order valence-electron chi connectivity index (χ3n) is 2.12. The van der Waals surface area contributed by atoms with Crippen LogP contribution in [0.3, 0.4) is 0 Å². The Kier molecular flexibility index (Phi) is 4.70. The molecule has 0 aliphatic heterocycles. The van der Waals surface area contributed by atoms with E-state index < -0.39 is 4.92 Å². The van der Waals surface area contributed by atoms with E-state index in [9.17, 15) is 10.1 Å². The van der Waals surface area contributed by atoms with Crippen LogP contribution in [0.4, 0.5) is 5.69 Å². The molecular weight excluding hydrogens is 234 g/mol. The minimum atomic E-state index is -0.522. The summed E-state index contributed by atoms with van der Waals surface area (Å²) < 4.78 is 6.31. The maximum atomic E-state index is 10.8. The molecule has 6 nitrogen and oxygen atoms in total. The lowest BCUT2D eigenvalue weighted by atomic mass is 10.3. The van der Waals surface area contributed by atoms with Crippen molar-refractivity contribution in [3.8, 4) is 0 Å². The zero-order valence-corrected chi connectivity index (χ0v) is 10.0. The second-order valence-corrected chi connectivity index (χ2v) is 3.71. The van der Waals surface area contributed by atoms with Crippen LogP contribution in [-0.2, 0) is 17.9 Å². The number of hydrogen-bond acceptors (Lipinski definition) is 4. The summed E-state index contributed by atoms with van der Waals surface area (Å²) in [6.07, 6.45) is 1.86. The fourth-order valence-corrected chi connectivity index (χ4v) is 1.65. The van der Waals surface area contributed by atoms with Gasteiger partial charge in [0.25, 0.3) is 0 Å². The predicted octanol–water partition coefficient (Wildman–Crippen LogP) is 2.39. The van der Waals surface area contributed by atoms with Gasteiger partial charge >= 0.3 is 5.69 Å². The van der Waals surface area contributed by atoms with Gasteiger partial charge in [-0.25, -0.2) is 4.68 Å². The molecule has 7 heteroatoms. The van der Waals surface area contributed by atoms with E-state index in [2.05, 4.69) is 5.10 Å². The van der Waals surface area contributed by atoms with Crippen molar-refractivity contribution in [2.24, 2.45) is 0 Å². The summed E-state index contributed by atoms with van der Waals surface area (Å²) in [5.41, 5.74) is 0.119. The SMILES string of the molecule is CCCCn1nc(COC)c([N+](=O)[O-])c1Cl. The molecule has 0 aromatic carbocycles. The Morgan fingerprint density at radius 2 is 2.31 bits per heavy atom. The minimum absolute atomic E-state index is 0.0745. The fourth-order valence-electron chi connectivity index (χ4n) is 1.35. The van der Waals surface area contributed by atoms with Crippen molar-refractivity contribution in [1.82, 2.24) is 9.78 Å². The molecule has 0 bridgehead atoms. The lowest BCUT2D eigenvalue weighted by Gasteiger charge is -1.99. The first-order valence-electron chi connectivity index (χ1n) is 5.00. The van der Waals surface area contributed by atoms with Crippen LogP contribution in [-0.4, -0.2) is 21.8 Å². The van der Waals surface area contributed by atoms with Crippen LogP contribution in [0.15, 0.2) is 0 Å². The highest BCUT2D eigenvalue weighted by atomic mass is 35.5. The molecule has 0 N–H and O–H groups in total. The summed E-state index contributed by atoms with van der Waals surface area (Å²) in [5.74, 6) is 0. The van der Waals surface area contributed by atoms with Crippen LogP contribution < -0.4 is 0 Å². The van der Waals surface area contributed by atoms with Gasteiger partial charge in [0.1, 0.15) is 0 Å². The molecule has 0 spiro atoms. The average molecular weight is 248 g/mol. The fraction of sp³-hybridized carbons (Fsp3) is 0.667. The third-order valence-corrected chi connectivity index (χ3v) is 2.50. The Morgan fingerprint density at radius 1 is 1.62 bits per heavy atom. The summed E-state index contributed by atoms with van der Waals surface area (Å²) in [7, 11) is 1.46. The first-order valence-corrected chi connectivity index (χ1v) is 5.38. The van der Waals surface area contributed by atoms with Crippen molar-refractivity contribution in [3.63, 3.8) is 0 Å². The monoisotopic (exact) mass is 247 g/mol. The summed E-state index contributed by atoms with van der Waals surface area (Å²) in [6.45, 7) is 2.71. The van der Waals surface area contributed by atoms with E-state index in [1.54, 1.807) is 0 Å². The Labute approximate surface area is 98.3 Å². The number of aryl methyl sites for hydroxylation is 1. The van der Waals surface area contributed by atoms with Crippen molar-refractivity contribution in [3.05, 3.63) is 21.0 Å². The first kappa shape index (κ1) is 12.9. The number of nitro groups is 1. The molecule has 0 fully saturated rings. The Balaban J connectivity index is 3.03. The van der Waals surface area contributed by atoms with Gasteiger partial charge in [-0.2, -0.15) is 5.10 Å². The zero-order chi connectivity index (χ0) is 12.1. The highest BCUT2D eigenvalue weighted by Crippen LogP contribution is 2.28. The highest BCUT2D eigenvalue weighted by Gasteiger charge is 2.26. The molecule has 0 atom stereocenters. The minimum Gasteiger partial charge on any atom is -0.378 e. The van der Waals surface area contributed by atoms with Gasteiger partial charge in [-0.3, -0.25) is 10.1 Å². The second-order valence-electron chi connectivity index (χ2n) is 3.35. The Hall–Kier alpha value is -1.14. The maximum absolute atomic E-state index is 10.8. The van der Waals surface area contributed by atoms with Gasteiger partial charge in [0.2, 0.25) is 5.15 Å². The van der Waals surface area contributed by atoms with Gasteiger partial charge in [-0.05, 0) is 6.42 Å². The molecular formula is C9H14ClN3O3. The van der Waals surface area contributed by atoms with E-state index in [4.69, 9.17) is 16.3 Å². The van der Waals surface area contributed by atoms with E-state index in [1.807, 2.05) is 6.92 Å². The van der Waals surface area contributed by atoms with Crippen molar-refractivity contribution >= 4 is 17.3 Å². The summed E-state index contributed by atoms with van der Waals surface area (Å²) in [4.78, 5) is 10.3. The average Bonchev–Trinajstić information content (AvgIpc) is 2.53. The molecule has 0 aliphatic carbocycles. The Morgan fingerprint density at radius 3 is 2.81 bits per heavy atom. The smallest absolute Gasteiger partial charge is 0.331 e. The van der Waals surface area contributed by atoms with E-state index in [0.717, 1.165) is 12.8 Å². The van der Waals surface area contributed by atoms with Crippen LogP contribution in [0.25, 0.3) is 0 Å². The van der Waals surface area contributed by atoms with Crippen molar-refractivity contribution in [1.29, 1.82) is 0 Å². The first-order chi connectivity index (χ1) is 7.61. The third kappa shape index (κ3) is 2.70. The normalized spacial score (nSPS) is 10.7. The quantitative estimate of drug-likeness (QED) is 0.572. The standard InChI is InChI=1S/C9H14ClN3O3/c1-3-4-5-12-9(10)8(13(14)15)7(11-12)6-16-2/h3-6H2,1-2H3. The summed E-state index contributed by atoms with van der Waals surface area (Å²) in [5, 5.41) is 15.0. The number of methoxy groups -OCH3 is 1. The number of rotatable bonds is 6. The van der Waals surface area contributed by atoms with Gasteiger partial charge in [-0.15, -0.1) is 0 Å². The lowest BCUT2D eigenvalue weighted by Crippen LogP contribution is -2.00. The van der Waals surface area contributed by atoms with Gasteiger partial charge in [0, 0.05) is 13.7 Å². The summed E-state index contributed by atoms with van der Waals surface area (Å²) >= 11 is 5.90. The van der Waals surface area contributed by atoms with Crippen molar-refractivity contribution in [2.75, 3.05) is 7.11 Å². The van der Waals surface area contributed by atoms with E-state index in [0.29, 0.717) is 6.54 Å². The van der Waals surface area contributed by atoms with Crippen LogP contribution in [0.2, 0.25) is 5.15 Å². The van der Waals surface area contributed by atoms with Gasteiger partial charge in [0.05, 0.1) is 11.5 Å². The second kappa shape index (κ2) is 5.81. The molecule has 0 unspecified atom stereocenters. The largest absolute Gasteiger partial charge is 0.378 e. The molecule has 90 valence electrons. The van der Waals surface area contributed by atoms with Crippen LogP contribution in [0.5, 0.6) is 0 Å².